The van der Waals surface area contributed by atoms with Gasteiger partial charge in [0.25, 0.3) is 11.5 Å². The fourth-order valence-corrected chi connectivity index (χ4v) is 4.25. The lowest BCUT2D eigenvalue weighted by molar-refractivity contribution is 0.0715. The number of rotatable bonds is 5. The molecule has 5 rings (SSSR count). The number of nitrogens with zero attached hydrogens (tertiary/aromatic N) is 4. The van der Waals surface area contributed by atoms with Crippen molar-refractivity contribution < 1.29 is 9.53 Å². The maximum atomic E-state index is 13.3. The van der Waals surface area contributed by atoms with Crippen molar-refractivity contribution in [2.24, 2.45) is 0 Å². The Morgan fingerprint density at radius 3 is 2.81 bits per heavy atom. The summed E-state index contributed by atoms with van der Waals surface area (Å²) in [5.41, 5.74) is 2.80. The van der Waals surface area contributed by atoms with E-state index in [0.717, 1.165) is 35.1 Å². The molecule has 1 unspecified atom stereocenters. The van der Waals surface area contributed by atoms with Gasteiger partial charge in [0.1, 0.15) is 11.4 Å². The summed E-state index contributed by atoms with van der Waals surface area (Å²) in [5.74, 6) is 0.665. The monoisotopic (exact) mass is 429 g/mol. The Bertz CT molecular complexity index is 1330. The molecule has 0 spiro atoms. The summed E-state index contributed by atoms with van der Waals surface area (Å²) in [7, 11) is 1.62. The van der Waals surface area contributed by atoms with Crippen LogP contribution in [0.25, 0.3) is 22.2 Å². The average molecular weight is 429 g/mol. The molecule has 4 heterocycles. The number of nitrogens with one attached hydrogen (secondary N) is 1. The second-order valence-electron chi connectivity index (χ2n) is 7.91. The standard InChI is InChI=1S/C24H23N5O3/c1-32-19-5-4-17-13-22(26-21(17)14-19)24(31)28-12-2-3-18(28)15-29-23(30)7-6-20(27-29)16-8-10-25-11-9-16/h4-11,13-14,18,26H,2-3,12,15H2,1H3. The van der Waals surface area contributed by atoms with Gasteiger partial charge >= 0.3 is 0 Å². The number of aromatic nitrogens is 4. The number of pyridine rings is 1. The summed E-state index contributed by atoms with van der Waals surface area (Å²) in [5, 5.41) is 5.49. The van der Waals surface area contributed by atoms with Gasteiger partial charge < -0.3 is 14.6 Å². The van der Waals surface area contributed by atoms with E-state index in [0.29, 0.717) is 24.5 Å². The third-order valence-corrected chi connectivity index (χ3v) is 5.92. The molecule has 3 aromatic heterocycles. The van der Waals surface area contributed by atoms with Crippen molar-refractivity contribution in [3.63, 3.8) is 0 Å². The van der Waals surface area contributed by atoms with Gasteiger partial charge in [0, 0.05) is 47.5 Å². The SMILES string of the molecule is COc1ccc2cc(C(=O)N3CCCC3Cn3nc(-c4ccncc4)ccc3=O)[nH]c2c1. The van der Waals surface area contributed by atoms with Crippen LogP contribution < -0.4 is 10.3 Å². The zero-order chi connectivity index (χ0) is 22.1. The number of likely N-dealkylation sites (tertiary alicyclic amines) is 1. The Labute approximate surface area is 184 Å². The van der Waals surface area contributed by atoms with Crippen LogP contribution >= 0.6 is 0 Å². The first-order valence-corrected chi connectivity index (χ1v) is 10.6. The first kappa shape index (κ1) is 20.0. The summed E-state index contributed by atoms with van der Waals surface area (Å²) in [6, 6.07) is 14.4. The molecule has 0 saturated carbocycles. The molecule has 0 aliphatic carbocycles. The zero-order valence-corrected chi connectivity index (χ0v) is 17.7. The summed E-state index contributed by atoms with van der Waals surface area (Å²) >= 11 is 0. The normalized spacial score (nSPS) is 15.9. The molecule has 1 atom stereocenters. The number of H-pyrrole nitrogens is 1. The van der Waals surface area contributed by atoms with Crippen LogP contribution in [-0.4, -0.2) is 50.3 Å². The quantitative estimate of drug-likeness (QED) is 0.526. The number of fused-ring (bicyclic) bond motifs is 1. The number of methoxy groups -OCH3 is 1. The van der Waals surface area contributed by atoms with Gasteiger partial charge in [0.15, 0.2) is 0 Å². The van der Waals surface area contributed by atoms with E-state index in [1.807, 2.05) is 41.3 Å². The number of hydrogen-bond acceptors (Lipinski definition) is 5. The van der Waals surface area contributed by atoms with Gasteiger partial charge in [-0.2, -0.15) is 5.10 Å². The average Bonchev–Trinajstić information content (AvgIpc) is 3.47. The van der Waals surface area contributed by atoms with Gasteiger partial charge in [0.2, 0.25) is 0 Å². The van der Waals surface area contributed by atoms with Gasteiger partial charge in [-0.3, -0.25) is 14.6 Å². The highest BCUT2D eigenvalue weighted by atomic mass is 16.5. The van der Waals surface area contributed by atoms with E-state index in [9.17, 15) is 9.59 Å². The van der Waals surface area contributed by atoms with Crippen molar-refractivity contribution in [1.29, 1.82) is 0 Å². The smallest absolute Gasteiger partial charge is 0.270 e. The molecule has 4 aromatic rings. The Kier molecular flexibility index (Phi) is 5.18. The van der Waals surface area contributed by atoms with Crippen LogP contribution in [0.15, 0.2) is 65.7 Å². The summed E-state index contributed by atoms with van der Waals surface area (Å²) in [6.07, 6.45) is 5.11. The molecule has 1 aliphatic rings. The van der Waals surface area contributed by atoms with E-state index in [1.54, 1.807) is 25.6 Å². The molecule has 1 N–H and O–H groups in total. The molecule has 162 valence electrons. The molecule has 1 aliphatic heterocycles. The molecule has 1 amide bonds. The number of ether oxygens (including phenoxy) is 1. The van der Waals surface area contributed by atoms with E-state index in [2.05, 4.69) is 15.1 Å². The van der Waals surface area contributed by atoms with Gasteiger partial charge in [-0.05, 0) is 49.2 Å². The van der Waals surface area contributed by atoms with E-state index in [1.165, 1.54) is 10.7 Å². The van der Waals surface area contributed by atoms with Crippen LogP contribution in [0.2, 0.25) is 0 Å². The number of amides is 1. The van der Waals surface area contributed by atoms with Crippen LogP contribution in [0.1, 0.15) is 23.3 Å². The predicted molar refractivity (Wildman–Crippen MR) is 121 cm³/mol. The second-order valence-corrected chi connectivity index (χ2v) is 7.91. The molecular formula is C24H23N5O3. The molecule has 1 fully saturated rings. The highest BCUT2D eigenvalue weighted by Gasteiger charge is 2.31. The van der Waals surface area contributed by atoms with Crippen LogP contribution in [0, 0.1) is 0 Å². The lowest BCUT2D eigenvalue weighted by atomic mass is 10.2. The molecular weight excluding hydrogens is 406 g/mol. The highest BCUT2D eigenvalue weighted by Crippen LogP contribution is 2.25. The largest absolute Gasteiger partial charge is 0.497 e. The van der Waals surface area contributed by atoms with E-state index in [4.69, 9.17) is 4.74 Å². The first-order chi connectivity index (χ1) is 15.6. The fraction of sp³-hybridized carbons (Fsp3) is 0.250. The van der Waals surface area contributed by atoms with Crippen molar-refractivity contribution in [3.05, 3.63) is 77.0 Å². The minimum Gasteiger partial charge on any atom is -0.497 e. The third kappa shape index (κ3) is 3.75. The molecule has 0 bridgehead atoms. The molecule has 1 saturated heterocycles. The van der Waals surface area contributed by atoms with Gasteiger partial charge in [-0.1, -0.05) is 0 Å². The number of carbonyl (C=O) groups is 1. The van der Waals surface area contributed by atoms with E-state index < -0.39 is 0 Å². The lowest BCUT2D eigenvalue weighted by Crippen LogP contribution is -2.40. The Morgan fingerprint density at radius 2 is 2.00 bits per heavy atom. The van der Waals surface area contributed by atoms with Crippen LogP contribution in [0.4, 0.5) is 0 Å². The molecule has 0 radical (unpaired) electrons. The van der Waals surface area contributed by atoms with Crippen LogP contribution in [-0.2, 0) is 6.54 Å². The van der Waals surface area contributed by atoms with Crippen LogP contribution in [0.3, 0.4) is 0 Å². The number of benzene rings is 1. The second kappa shape index (κ2) is 8.30. The highest BCUT2D eigenvalue weighted by molar-refractivity contribution is 5.98. The van der Waals surface area contributed by atoms with E-state index in [-0.39, 0.29) is 17.5 Å². The fourth-order valence-electron chi connectivity index (χ4n) is 4.25. The predicted octanol–water partition coefficient (Wildman–Crippen LogP) is 3.10. The number of hydrogen-bond donors (Lipinski definition) is 1. The molecule has 32 heavy (non-hydrogen) atoms. The molecule has 1 aromatic carbocycles. The Hall–Kier alpha value is -3.94. The number of carbonyl (C=O) groups excluding carboxylic acids is 1. The van der Waals surface area contributed by atoms with Gasteiger partial charge in [-0.25, -0.2) is 4.68 Å². The number of aromatic amines is 1. The zero-order valence-electron chi connectivity index (χ0n) is 17.7. The summed E-state index contributed by atoms with van der Waals surface area (Å²) in [4.78, 5) is 34.9. The van der Waals surface area contributed by atoms with Crippen molar-refractivity contribution in [3.8, 4) is 17.0 Å². The van der Waals surface area contributed by atoms with Crippen molar-refractivity contribution in [2.75, 3.05) is 13.7 Å². The van der Waals surface area contributed by atoms with Crippen molar-refractivity contribution in [2.45, 2.75) is 25.4 Å². The van der Waals surface area contributed by atoms with Gasteiger partial charge in [0.05, 0.1) is 25.4 Å². The lowest BCUT2D eigenvalue weighted by Gasteiger charge is -2.24. The van der Waals surface area contributed by atoms with Gasteiger partial charge in [-0.15, -0.1) is 0 Å². The molecule has 8 nitrogen and oxygen atoms in total. The van der Waals surface area contributed by atoms with Crippen molar-refractivity contribution >= 4 is 16.8 Å². The maximum absolute atomic E-state index is 13.3. The molecule has 8 heteroatoms. The third-order valence-electron chi connectivity index (χ3n) is 5.92. The Balaban J connectivity index is 1.39. The minimum atomic E-state index is -0.181. The Morgan fingerprint density at radius 1 is 1.16 bits per heavy atom. The summed E-state index contributed by atoms with van der Waals surface area (Å²) < 4.78 is 6.73. The van der Waals surface area contributed by atoms with Crippen LogP contribution in [0.5, 0.6) is 5.75 Å². The minimum absolute atomic E-state index is 0.0685. The van der Waals surface area contributed by atoms with E-state index >= 15 is 0 Å². The summed E-state index contributed by atoms with van der Waals surface area (Å²) in [6.45, 7) is 1.01. The maximum Gasteiger partial charge on any atom is 0.270 e. The topological polar surface area (TPSA) is 93.1 Å². The van der Waals surface area contributed by atoms with Crippen molar-refractivity contribution in [1.82, 2.24) is 24.6 Å². The first-order valence-electron chi connectivity index (χ1n) is 10.6.